The highest BCUT2D eigenvalue weighted by molar-refractivity contribution is 9.10. The van der Waals surface area contributed by atoms with Crippen LogP contribution >= 0.6 is 15.9 Å². The fourth-order valence-electron chi connectivity index (χ4n) is 1.78. The molecule has 2 rings (SSSR count). The molecule has 0 unspecified atom stereocenters. The normalized spacial score (nSPS) is 10.5. The van der Waals surface area contributed by atoms with Gasteiger partial charge in [-0.25, -0.2) is 4.98 Å². The fourth-order valence-corrected chi connectivity index (χ4v) is 2.25. The molecule has 6 heteroatoms. The van der Waals surface area contributed by atoms with Gasteiger partial charge in [0.2, 0.25) is 5.88 Å². The molecule has 2 aromatic heterocycles. The molecule has 0 aliphatic carbocycles. The lowest BCUT2D eigenvalue weighted by molar-refractivity contribution is 0.327. The summed E-state index contributed by atoms with van der Waals surface area (Å²) in [7, 11) is 1.94. The molecular formula is C13H17BrN4O. The Morgan fingerprint density at radius 2 is 2.21 bits per heavy atom. The lowest BCUT2D eigenvalue weighted by Crippen LogP contribution is -2.06. The molecule has 0 radical (unpaired) electrons. The second-order valence-corrected chi connectivity index (χ2v) is 4.93. The second-order valence-electron chi connectivity index (χ2n) is 4.14. The molecule has 102 valence electrons. The van der Waals surface area contributed by atoms with Gasteiger partial charge in [-0.3, -0.25) is 4.68 Å². The maximum absolute atomic E-state index is 5.30. The predicted molar refractivity (Wildman–Crippen MR) is 78.4 cm³/mol. The molecule has 0 saturated heterocycles. The Kier molecular flexibility index (Phi) is 4.42. The predicted octanol–water partition coefficient (Wildman–Crippen LogP) is 2.90. The molecule has 0 saturated carbocycles. The summed E-state index contributed by atoms with van der Waals surface area (Å²) in [5, 5.41) is 7.67. The monoisotopic (exact) mass is 324 g/mol. The van der Waals surface area contributed by atoms with Crippen molar-refractivity contribution in [1.82, 2.24) is 14.8 Å². The molecule has 0 aliphatic heterocycles. The van der Waals surface area contributed by atoms with E-state index in [0.717, 1.165) is 21.5 Å². The summed E-state index contributed by atoms with van der Waals surface area (Å²) in [5.74, 6) is 0.644. The summed E-state index contributed by atoms with van der Waals surface area (Å²) in [5.41, 5.74) is 3.05. The Hall–Kier alpha value is -1.56. The molecule has 0 atom stereocenters. The quantitative estimate of drug-likeness (QED) is 0.918. The van der Waals surface area contributed by atoms with Crippen LogP contribution < -0.4 is 10.1 Å². The van der Waals surface area contributed by atoms with Crippen LogP contribution in [0.3, 0.4) is 0 Å². The highest BCUT2D eigenvalue weighted by Crippen LogP contribution is 2.21. The van der Waals surface area contributed by atoms with Crippen LogP contribution in [0.1, 0.15) is 18.3 Å². The van der Waals surface area contributed by atoms with E-state index < -0.39 is 0 Å². The molecule has 0 aromatic carbocycles. The Labute approximate surface area is 121 Å². The zero-order valence-electron chi connectivity index (χ0n) is 11.3. The number of nitrogens with zero attached hydrogens (tertiary/aromatic N) is 3. The van der Waals surface area contributed by atoms with Gasteiger partial charge in [-0.15, -0.1) is 0 Å². The average molecular weight is 325 g/mol. The first-order valence-corrected chi connectivity index (χ1v) is 6.91. The van der Waals surface area contributed by atoms with Gasteiger partial charge in [0, 0.05) is 13.1 Å². The van der Waals surface area contributed by atoms with Crippen molar-refractivity contribution in [3.63, 3.8) is 0 Å². The molecule has 0 spiro atoms. The molecule has 0 bridgehead atoms. The average Bonchev–Trinajstić information content (AvgIpc) is 2.64. The SMILES string of the molecule is CCOc1ccc(NCc2c(Br)c(C)nn2C)cn1. The summed E-state index contributed by atoms with van der Waals surface area (Å²) >= 11 is 3.55. The topological polar surface area (TPSA) is 52.0 Å². The molecule has 2 aromatic rings. The van der Waals surface area contributed by atoms with Crippen LogP contribution in [0.5, 0.6) is 5.88 Å². The molecule has 5 nitrogen and oxygen atoms in total. The Morgan fingerprint density at radius 3 is 2.74 bits per heavy atom. The van der Waals surface area contributed by atoms with E-state index in [0.29, 0.717) is 19.0 Å². The molecular weight excluding hydrogens is 308 g/mol. The van der Waals surface area contributed by atoms with Gasteiger partial charge in [-0.05, 0) is 35.8 Å². The number of nitrogens with one attached hydrogen (secondary N) is 1. The summed E-state index contributed by atoms with van der Waals surface area (Å²) in [6.45, 7) is 5.23. The van der Waals surface area contributed by atoms with Crippen LogP contribution in [0.2, 0.25) is 0 Å². The van der Waals surface area contributed by atoms with E-state index in [-0.39, 0.29) is 0 Å². The lowest BCUT2D eigenvalue weighted by Gasteiger charge is -2.08. The van der Waals surface area contributed by atoms with E-state index in [2.05, 4.69) is 31.3 Å². The molecule has 0 fully saturated rings. The largest absolute Gasteiger partial charge is 0.478 e. The van der Waals surface area contributed by atoms with Crippen molar-refractivity contribution in [3.05, 3.63) is 34.2 Å². The number of halogens is 1. The highest BCUT2D eigenvalue weighted by atomic mass is 79.9. The van der Waals surface area contributed by atoms with Gasteiger partial charge >= 0.3 is 0 Å². The van der Waals surface area contributed by atoms with Gasteiger partial charge < -0.3 is 10.1 Å². The van der Waals surface area contributed by atoms with Crippen molar-refractivity contribution >= 4 is 21.6 Å². The summed E-state index contributed by atoms with van der Waals surface area (Å²) in [4.78, 5) is 4.21. The van der Waals surface area contributed by atoms with E-state index in [9.17, 15) is 0 Å². The smallest absolute Gasteiger partial charge is 0.213 e. The van der Waals surface area contributed by atoms with Crippen molar-refractivity contribution in [2.45, 2.75) is 20.4 Å². The third-order valence-corrected chi connectivity index (χ3v) is 3.78. The molecule has 2 heterocycles. The first kappa shape index (κ1) is 13.9. The van der Waals surface area contributed by atoms with Gasteiger partial charge in [-0.1, -0.05) is 0 Å². The maximum atomic E-state index is 5.30. The van der Waals surface area contributed by atoms with Crippen molar-refractivity contribution in [2.75, 3.05) is 11.9 Å². The lowest BCUT2D eigenvalue weighted by atomic mass is 10.3. The van der Waals surface area contributed by atoms with Gasteiger partial charge in [-0.2, -0.15) is 5.10 Å². The van der Waals surface area contributed by atoms with Crippen molar-refractivity contribution < 1.29 is 4.74 Å². The summed E-state index contributed by atoms with van der Waals surface area (Å²) in [6, 6.07) is 3.81. The van der Waals surface area contributed by atoms with E-state index in [4.69, 9.17) is 4.74 Å². The van der Waals surface area contributed by atoms with Crippen molar-refractivity contribution in [1.29, 1.82) is 0 Å². The van der Waals surface area contributed by atoms with E-state index >= 15 is 0 Å². The van der Waals surface area contributed by atoms with Crippen LogP contribution in [0.4, 0.5) is 5.69 Å². The van der Waals surface area contributed by atoms with Crippen LogP contribution in [0, 0.1) is 6.92 Å². The number of pyridine rings is 1. The van der Waals surface area contributed by atoms with Crippen LogP contribution in [-0.4, -0.2) is 21.4 Å². The Balaban J connectivity index is 2.02. The van der Waals surface area contributed by atoms with Gasteiger partial charge in [0.25, 0.3) is 0 Å². The third-order valence-electron chi connectivity index (χ3n) is 2.75. The fraction of sp³-hybridized carbons (Fsp3) is 0.385. The molecule has 19 heavy (non-hydrogen) atoms. The summed E-state index contributed by atoms with van der Waals surface area (Å²) < 4.78 is 8.22. The Morgan fingerprint density at radius 1 is 1.42 bits per heavy atom. The highest BCUT2D eigenvalue weighted by Gasteiger charge is 2.09. The minimum absolute atomic E-state index is 0.626. The van der Waals surface area contributed by atoms with Crippen LogP contribution in [-0.2, 0) is 13.6 Å². The van der Waals surface area contributed by atoms with E-state index in [1.165, 1.54) is 0 Å². The zero-order valence-corrected chi connectivity index (χ0v) is 12.9. The van der Waals surface area contributed by atoms with Crippen LogP contribution in [0.15, 0.2) is 22.8 Å². The number of aromatic nitrogens is 3. The first-order valence-electron chi connectivity index (χ1n) is 6.12. The number of anilines is 1. The molecule has 1 N–H and O–H groups in total. The van der Waals surface area contributed by atoms with E-state index in [1.807, 2.05) is 37.7 Å². The van der Waals surface area contributed by atoms with Crippen molar-refractivity contribution in [2.24, 2.45) is 7.05 Å². The van der Waals surface area contributed by atoms with Crippen LogP contribution in [0.25, 0.3) is 0 Å². The molecule has 0 aliphatic rings. The standard InChI is InChI=1S/C13H17BrN4O/c1-4-19-12-6-5-10(7-16-12)15-8-11-13(14)9(2)17-18(11)3/h5-7,15H,4,8H2,1-3H3. The number of rotatable bonds is 5. The number of hydrogen-bond acceptors (Lipinski definition) is 4. The molecule has 0 amide bonds. The maximum Gasteiger partial charge on any atom is 0.213 e. The summed E-state index contributed by atoms with van der Waals surface area (Å²) in [6.07, 6.45) is 1.77. The number of hydrogen-bond donors (Lipinski definition) is 1. The minimum Gasteiger partial charge on any atom is -0.478 e. The first-order chi connectivity index (χ1) is 9.11. The minimum atomic E-state index is 0.626. The van der Waals surface area contributed by atoms with Gasteiger partial charge in [0.1, 0.15) is 0 Å². The zero-order chi connectivity index (χ0) is 13.8. The second kappa shape index (κ2) is 6.06. The van der Waals surface area contributed by atoms with Gasteiger partial charge in [0.15, 0.2) is 0 Å². The van der Waals surface area contributed by atoms with Crippen molar-refractivity contribution in [3.8, 4) is 5.88 Å². The van der Waals surface area contributed by atoms with E-state index in [1.54, 1.807) is 6.20 Å². The Bertz CT molecular complexity index is 551. The third kappa shape index (κ3) is 3.26. The number of aryl methyl sites for hydroxylation is 2. The number of ether oxygens (including phenoxy) is 1. The van der Waals surface area contributed by atoms with Gasteiger partial charge in [0.05, 0.1) is 40.9 Å².